The highest BCUT2D eigenvalue weighted by atomic mass is 32.1. The lowest BCUT2D eigenvalue weighted by Gasteiger charge is -2.12. The molecular weight excluding hydrogens is 270 g/mol. The Morgan fingerprint density at radius 3 is 2.74 bits per heavy atom. The highest BCUT2D eigenvalue weighted by Crippen LogP contribution is 2.09. The first-order chi connectivity index (χ1) is 9.02. The van der Waals surface area contributed by atoms with Gasteiger partial charge in [-0.1, -0.05) is 0 Å². The van der Waals surface area contributed by atoms with Crippen molar-refractivity contribution in [3.8, 4) is 0 Å². The first-order valence-corrected chi connectivity index (χ1v) is 6.56. The van der Waals surface area contributed by atoms with Crippen LogP contribution in [0.2, 0.25) is 0 Å². The maximum atomic E-state index is 11.5. The summed E-state index contributed by atoms with van der Waals surface area (Å²) in [5.74, 6) is -1.20. The number of carbonyl (C=O) groups excluding carboxylic acids is 3. The molecule has 0 radical (unpaired) electrons. The van der Waals surface area contributed by atoms with Crippen molar-refractivity contribution in [2.24, 2.45) is 0 Å². The predicted molar refractivity (Wildman–Crippen MR) is 68.7 cm³/mol. The van der Waals surface area contributed by atoms with Gasteiger partial charge >= 0.3 is 12.1 Å². The molecule has 7 heteroatoms. The van der Waals surface area contributed by atoms with E-state index < -0.39 is 24.1 Å². The Balaban J connectivity index is 2.31. The molecule has 6 nitrogen and oxygen atoms in total. The van der Waals surface area contributed by atoms with Gasteiger partial charge in [0.25, 0.3) is 5.91 Å². The van der Waals surface area contributed by atoms with E-state index in [0.29, 0.717) is 6.42 Å². The molecule has 0 aliphatic heterocycles. The molecule has 1 aromatic rings. The Bertz CT molecular complexity index is 443. The van der Waals surface area contributed by atoms with E-state index in [1.807, 2.05) is 22.1 Å². The number of rotatable bonds is 5. The molecule has 0 saturated carbocycles. The van der Waals surface area contributed by atoms with Crippen LogP contribution in [-0.4, -0.2) is 31.2 Å². The fourth-order valence-corrected chi connectivity index (χ4v) is 1.95. The Morgan fingerprint density at radius 1 is 1.42 bits per heavy atom. The largest absolute Gasteiger partial charge is 0.453 e. The molecule has 0 saturated heterocycles. The molecule has 0 aromatic carbocycles. The van der Waals surface area contributed by atoms with Crippen LogP contribution in [0, 0.1) is 0 Å². The molecule has 1 atom stereocenters. The highest BCUT2D eigenvalue weighted by Gasteiger charge is 2.19. The zero-order chi connectivity index (χ0) is 14.3. The number of esters is 1. The van der Waals surface area contributed by atoms with Crippen molar-refractivity contribution in [3.63, 3.8) is 0 Å². The maximum Gasteiger partial charge on any atom is 0.413 e. The molecule has 104 valence electrons. The monoisotopic (exact) mass is 285 g/mol. The third kappa shape index (κ3) is 5.52. The molecule has 1 rings (SSSR count). The lowest BCUT2D eigenvalue weighted by atomic mass is 10.2. The van der Waals surface area contributed by atoms with Crippen molar-refractivity contribution in [1.29, 1.82) is 0 Å². The number of nitrogens with one attached hydrogen (secondary N) is 1. The molecule has 0 aliphatic rings. The van der Waals surface area contributed by atoms with Crippen LogP contribution in [0.3, 0.4) is 0 Å². The number of hydrogen-bond acceptors (Lipinski definition) is 6. The molecule has 0 fully saturated rings. The molecule has 19 heavy (non-hydrogen) atoms. The summed E-state index contributed by atoms with van der Waals surface area (Å²) in [6.07, 6.45) is -1.17. The number of imide groups is 1. The van der Waals surface area contributed by atoms with Gasteiger partial charge in [-0.15, -0.1) is 0 Å². The zero-order valence-corrected chi connectivity index (χ0v) is 11.5. The minimum Gasteiger partial charge on any atom is -0.453 e. The second kappa shape index (κ2) is 7.52. The predicted octanol–water partition coefficient (Wildman–Crippen LogP) is 1.49. The Hall–Kier alpha value is -1.89. The molecule has 0 unspecified atom stereocenters. The van der Waals surface area contributed by atoms with Crippen molar-refractivity contribution in [2.75, 3.05) is 7.11 Å². The normalized spacial score (nSPS) is 11.5. The smallest absolute Gasteiger partial charge is 0.413 e. The lowest BCUT2D eigenvalue weighted by Crippen LogP contribution is -2.39. The fourth-order valence-electron chi connectivity index (χ4n) is 1.24. The van der Waals surface area contributed by atoms with E-state index in [1.54, 1.807) is 11.3 Å². The average Bonchev–Trinajstić information content (AvgIpc) is 2.89. The van der Waals surface area contributed by atoms with Gasteiger partial charge in [-0.25, -0.2) is 4.79 Å². The summed E-state index contributed by atoms with van der Waals surface area (Å²) in [4.78, 5) is 33.7. The number of amides is 2. The summed E-state index contributed by atoms with van der Waals surface area (Å²) in [5, 5.41) is 5.80. The van der Waals surface area contributed by atoms with Gasteiger partial charge in [-0.2, -0.15) is 11.3 Å². The van der Waals surface area contributed by atoms with Crippen LogP contribution in [0.1, 0.15) is 18.9 Å². The standard InChI is InChI=1S/C12H15NO5S/c1-8(11(15)13-12(16)17-2)18-10(14)4-3-9-5-6-19-7-9/h5-8H,3-4H2,1-2H3,(H,13,15,16)/t8-/m0/s1. The first-order valence-electron chi connectivity index (χ1n) is 5.62. The summed E-state index contributed by atoms with van der Waals surface area (Å²) < 4.78 is 9.16. The SMILES string of the molecule is COC(=O)NC(=O)[C@H](C)OC(=O)CCc1ccsc1. The van der Waals surface area contributed by atoms with E-state index in [-0.39, 0.29) is 6.42 Å². The zero-order valence-electron chi connectivity index (χ0n) is 10.7. The summed E-state index contributed by atoms with van der Waals surface area (Å²) in [5.41, 5.74) is 1.05. The Kier molecular flexibility index (Phi) is 6.01. The van der Waals surface area contributed by atoms with E-state index in [9.17, 15) is 14.4 Å². The second-order valence-electron chi connectivity index (χ2n) is 3.74. The maximum absolute atomic E-state index is 11.5. The van der Waals surface area contributed by atoms with E-state index >= 15 is 0 Å². The van der Waals surface area contributed by atoms with Crippen LogP contribution in [0.4, 0.5) is 4.79 Å². The van der Waals surface area contributed by atoms with E-state index in [0.717, 1.165) is 12.7 Å². The minimum atomic E-state index is -1.03. The van der Waals surface area contributed by atoms with Gasteiger partial charge in [0.1, 0.15) is 0 Å². The summed E-state index contributed by atoms with van der Waals surface area (Å²) in [6, 6.07) is 1.92. The van der Waals surface area contributed by atoms with Gasteiger partial charge < -0.3 is 9.47 Å². The topological polar surface area (TPSA) is 81.7 Å². The first kappa shape index (κ1) is 15.2. The Labute approximate surface area is 114 Å². The van der Waals surface area contributed by atoms with Crippen LogP contribution in [-0.2, 0) is 25.5 Å². The lowest BCUT2D eigenvalue weighted by molar-refractivity contribution is -0.154. The fraction of sp³-hybridized carbons (Fsp3) is 0.417. The van der Waals surface area contributed by atoms with E-state index in [1.165, 1.54) is 6.92 Å². The number of aryl methyl sites for hydroxylation is 1. The molecule has 2 amide bonds. The van der Waals surface area contributed by atoms with Gasteiger partial charge in [0.15, 0.2) is 6.10 Å². The van der Waals surface area contributed by atoms with Crippen molar-refractivity contribution in [1.82, 2.24) is 5.32 Å². The van der Waals surface area contributed by atoms with Crippen LogP contribution < -0.4 is 5.32 Å². The Morgan fingerprint density at radius 2 is 2.16 bits per heavy atom. The second-order valence-corrected chi connectivity index (χ2v) is 4.52. The third-order valence-electron chi connectivity index (χ3n) is 2.29. The molecule has 0 spiro atoms. The van der Waals surface area contributed by atoms with Crippen LogP contribution in [0.25, 0.3) is 0 Å². The van der Waals surface area contributed by atoms with E-state index in [2.05, 4.69) is 4.74 Å². The van der Waals surface area contributed by atoms with Crippen LogP contribution in [0.15, 0.2) is 16.8 Å². The van der Waals surface area contributed by atoms with E-state index in [4.69, 9.17) is 4.74 Å². The van der Waals surface area contributed by atoms with Gasteiger partial charge in [-0.3, -0.25) is 14.9 Å². The van der Waals surface area contributed by atoms with Gasteiger partial charge in [-0.05, 0) is 35.7 Å². The summed E-state index contributed by atoms with van der Waals surface area (Å²) in [7, 11) is 1.14. The van der Waals surface area contributed by atoms with Crippen molar-refractivity contribution in [3.05, 3.63) is 22.4 Å². The molecule has 0 aliphatic carbocycles. The third-order valence-corrected chi connectivity index (χ3v) is 3.02. The number of thiophene rings is 1. The highest BCUT2D eigenvalue weighted by molar-refractivity contribution is 7.07. The van der Waals surface area contributed by atoms with Crippen molar-refractivity contribution in [2.45, 2.75) is 25.9 Å². The quantitative estimate of drug-likeness (QED) is 0.829. The van der Waals surface area contributed by atoms with Crippen molar-refractivity contribution >= 4 is 29.3 Å². The number of methoxy groups -OCH3 is 1. The number of hydrogen-bond donors (Lipinski definition) is 1. The van der Waals surface area contributed by atoms with Crippen LogP contribution >= 0.6 is 11.3 Å². The number of alkyl carbamates (subject to hydrolysis) is 1. The van der Waals surface area contributed by atoms with Gasteiger partial charge in [0, 0.05) is 6.42 Å². The van der Waals surface area contributed by atoms with Crippen molar-refractivity contribution < 1.29 is 23.9 Å². The molecule has 0 bridgehead atoms. The summed E-state index contributed by atoms with van der Waals surface area (Å²) >= 11 is 1.55. The summed E-state index contributed by atoms with van der Waals surface area (Å²) in [6.45, 7) is 1.39. The van der Waals surface area contributed by atoms with Crippen LogP contribution in [0.5, 0.6) is 0 Å². The van der Waals surface area contributed by atoms with Gasteiger partial charge in [0.2, 0.25) is 0 Å². The number of carbonyl (C=O) groups is 3. The van der Waals surface area contributed by atoms with Gasteiger partial charge in [0.05, 0.1) is 7.11 Å². The molecule has 1 N–H and O–H groups in total. The average molecular weight is 285 g/mol. The molecule has 1 aromatic heterocycles. The minimum absolute atomic E-state index is 0.187. The molecular formula is C12H15NO5S. The number of ether oxygens (including phenoxy) is 2. The molecule has 1 heterocycles.